The number of benzene rings is 1. The van der Waals surface area contributed by atoms with Gasteiger partial charge in [-0.25, -0.2) is 13.6 Å². The number of ether oxygens (including phenoxy) is 2. The maximum absolute atomic E-state index is 13.5. The van der Waals surface area contributed by atoms with E-state index in [1.807, 2.05) is 19.1 Å². The Kier molecular flexibility index (Phi) is 7.66. The number of nitro groups is 1. The predicted molar refractivity (Wildman–Crippen MR) is 128 cm³/mol. The lowest BCUT2D eigenvalue weighted by atomic mass is 10.0. The van der Waals surface area contributed by atoms with Crippen molar-refractivity contribution >= 4 is 17.7 Å². The molecule has 9 nitrogen and oxygen atoms in total. The molecule has 0 saturated heterocycles. The van der Waals surface area contributed by atoms with Crippen LogP contribution in [0.1, 0.15) is 63.5 Å². The summed E-state index contributed by atoms with van der Waals surface area (Å²) < 4.78 is 37.6. The Bertz CT molecular complexity index is 1160. The number of allylic oxidation sites excluding steroid dienone is 3. The van der Waals surface area contributed by atoms with Crippen LogP contribution in [0.4, 0.5) is 25.1 Å². The fourth-order valence-electron chi connectivity index (χ4n) is 4.54. The van der Waals surface area contributed by atoms with Gasteiger partial charge < -0.3 is 14.8 Å². The van der Waals surface area contributed by atoms with Crippen molar-refractivity contribution in [1.29, 1.82) is 0 Å². The molecule has 0 amide bonds. The number of nitrogens with one attached hydrogen (secondary N) is 2. The van der Waals surface area contributed by atoms with Gasteiger partial charge in [0.1, 0.15) is 11.9 Å². The minimum atomic E-state index is -2.63. The Morgan fingerprint density at radius 2 is 2.11 bits per heavy atom. The monoisotopic (exact) mass is 502 g/mol. The van der Waals surface area contributed by atoms with Crippen molar-refractivity contribution in [2.24, 2.45) is 0 Å². The topological polar surface area (TPSA) is 119 Å². The Hall–Kier alpha value is -3.76. The van der Waals surface area contributed by atoms with E-state index in [2.05, 4.69) is 15.5 Å². The van der Waals surface area contributed by atoms with Gasteiger partial charge in [0.25, 0.3) is 11.6 Å². The van der Waals surface area contributed by atoms with Gasteiger partial charge in [-0.2, -0.15) is 5.10 Å². The van der Waals surface area contributed by atoms with Gasteiger partial charge in [-0.05, 0) is 50.3 Å². The number of hydrogen-bond donors (Lipinski definition) is 2. The number of nitro benzene ring substituents is 1. The van der Waals surface area contributed by atoms with E-state index < -0.39 is 17.0 Å². The van der Waals surface area contributed by atoms with Gasteiger partial charge in [-0.1, -0.05) is 18.6 Å². The minimum Gasteiger partial charge on any atom is -0.431 e. The molecule has 1 aromatic heterocycles. The minimum absolute atomic E-state index is 0.100. The molecule has 2 fully saturated rings. The van der Waals surface area contributed by atoms with Crippen LogP contribution in [0, 0.1) is 10.1 Å². The molecule has 4 rings (SSSR count). The molecular weight excluding hydrogens is 474 g/mol. The van der Waals surface area contributed by atoms with Crippen molar-refractivity contribution < 1.29 is 28.0 Å². The lowest BCUT2D eigenvalue weighted by Gasteiger charge is -2.12. The number of halogens is 2. The van der Waals surface area contributed by atoms with Crippen LogP contribution in [0.5, 0.6) is 5.75 Å². The van der Waals surface area contributed by atoms with Gasteiger partial charge in [0.05, 0.1) is 4.92 Å². The van der Waals surface area contributed by atoms with Gasteiger partial charge >= 0.3 is 6.16 Å². The zero-order chi connectivity index (χ0) is 25.7. The summed E-state index contributed by atoms with van der Waals surface area (Å²) in [4.78, 5) is 22.3. The Labute approximate surface area is 206 Å². The summed E-state index contributed by atoms with van der Waals surface area (Å²) in [6.07, 6.45) is 5.38. The molecule has 2 aromatic rings. The van der Waals surface area contributed by atoms with Crippen LogP contribution >= 0.6 is 0 Å². The molecular formula is C25H28F2N4O5. The van der Waals surface area contributed by atoms with Gasteiger partial charge in [0.2, 0.25) is 0 Å². The van der Waals surface area contributed by atoms with Crippen LogP contribution in [-0.2, 0) is 4.74 Å². The first kappa shape index (κ1) is 25.3. The molecule has 0 bridgehead atoms. The average molecular weight is 503 g/mol. The van der Waals surface area contributed by atoms with Crippen LogP contribution in [-0.4, -0.2) is 33.3 Å². The largest absolute Gasteiger partial charge is 0.514 e. The predicted octanol–water partition coefficient (Wildman–Crippen LogP) is 6.62. The molecule has 0 unspecified atom stereocenters. The molecule has 0 radical (unpaired) electrons. The summed E-state index contributed by atoms with van der Waals surface area (Å²) in [5, 5.41) is 21.3. The highest BCUT2D eigenvalue weighted by molar-refractivity contribution is 5.64. The summed E-state index contributed by atoms with van der Waals surface area (Å²) in [5.74, 6) is -1.77. The second-order valence-electron chi connectivity index (χ2n) is 9.09. The van der Waals surface area contributed by atoms with Crippen molar-refractivity contribution in [3.63, 3.8) is 0 Å². The molecule has 2 atom stereocenters. The van der Waals surface area contributed by atoms with Crippen molar-refractivity contribution in [3.8, 4) is 5.75 Å². The number of aromatic amines is 1. The second kappa shape index (κ2) is 10.9. The SMILES string of the molecule is CC/C=C(\C=C1/CCC(F)(F)C1)Nc1cc([C@H]2CC[C@@H](OC(=O)Oc3ccc([N+](=O)[O-])cc3)C2)[nH]n1. The van der Waals surface area contributed by atoms with E-state index in [1.165, 1.54) is 24.3 Å². The summed E-state index contributed by atoms with van der Waals surface area (Å²) in [6, 6.07) is 7.06. The summed E-state index contributed by atoms with van der Waals surface area (Å²) in [6.45, 7) is 1.98. The number of alkyl halides is 2. The van der Waals surface area contributed by atoms with Crippen LogP contribution in [0.2, 0.25) is 0 Å². The van der Waals surface area contributed by atoms with E-state index in [4.69, 9.17) is 9.47 Å². The number of nitrogens with zero attached hydrogens (tertiary/aromatic N) is 2. The number of carbonyl (C=O) groups excluding carboxylic acids is 1. The first-order chi connectivity index (χ1) is 17.2. The van der Waals surface area contributed by atoms with Crippen LogP contribution in [0.15, 0.2) is 53.8 Å². The smallest absolute Gasteiger partial charge is 0.431 e. The zero-order valence-corrected chi connectivity index (χ0v) is 19.8. The van der Waals surface area contributed by atoms with Gasteiger partial charge in [-0.15, -0.1) is 0 Å². The molecule has 192 valence electrons. The third kappa shape index (κ3) is 6.67. The fourth-order valence-corrected chi connectivity index (χ4v) is 4.54. The molecule has 2 N–H and O–H groups in total. The Morgan fingerprint density at radius 3 is 2.78 bits per heavy atom. The highest BCUT2D eigenvalue weighted by atomic mass is 19.3. The van der Waals surface area contributed by atoms with Crippen molar-refractivity contribution in [1.82, 2.24) is 10.2 Å². The van der Waals surface area contributed by atoms with Crippen LogP contribution < -0.4 is 10.1 Å². The Balaban J connectivity index is 1.29. The fraction of sp³-hybridized carbons (Fsp3) is 0.440. The molecule has 2 saturated carbocycles. The molecule has 2 aliphatic rings. The van der Waals surface area contributed by atoms with E-state index in [0.29, 0.717) is 25.1 Å². The van der Waals surface area contributed by atoms with E-state index in [1.54, 1.807) is 6.08 Å². The quantitative estimate of drug-likeness (QED) is 0.180. The molecule has 1 aromatic carbocycles. The van der Waals surface area contributed by atoms with Crippen molar-refractivity contribution in [3.05, 3.63) is 69.6 Å². The van der Waals surface area contributed by atoms with Gasteiger partial charge in [0.15, 0.2) is 5.82 Å². The summed E-state index contributed by atoms with van der Waals surface area (Å²) in [7, 11) is 0. The van der Waals surface area contributed by atoms with E-state index in [0.717, 1.165) is 29.8 Å². The maximum Gasteiger partial charge on any atom is 0.514 e. The van der Waals surface area contributed by atoms with Crippen molar-refractivity contribution in [2.75, 3.05) is 5.32 Å². The molecule has 0 aliphatic heterocycles. The van der Waals surface area contributed by atoms with Gasteiger partial charge in [0, 0.05) is 48.3 Å². The number of non-ortho nitro benzene ring substituents is 1. The van der Waals surface area contributed by atoms with E-state index >= 15 is 0 Å². The lowest BCUT2D eigenvalue weighted by molar-refractivity contribution is -0.384. The highest BCUT2D eigenvalue weighted by Gasteiger charge is 2.36. The molecule has 1 heterocycles. The zero-order valence-electron chi connectivity index (χ0n) is 19.8. The number of H-pyrrole nitrogens is 1. The van der Waals surface area contributed by atoms with Gasteiger partial charge in [-0.3, -0.25) is 15.2 Å². The Morgan fingerprint density at radius 1 is 1.33 bits per heavy atom. The summed E-state index contributed by atoms with van der Waals surface area (Å²) in [5.41, 5.74) is 2.25. The third-order valence-corrected chi connectivity index (χ3v) is 6.29. The van der Waals surface area contributed by atoms with E-state index in [-0.39, 0.29) is 36.3 Å². The maximum atomic E-state index is 13.5. The van der Waals surface area contributed by atoms with Crippen LogP contribution in [0.25, 0.3) is 0 Å². The molecule has 0 spiro atoms. The summed E-state index contributed by atoms with van der Waals surface area (Å²) >= 11 is 0. The number of hydrogen-bond acceptors (Lipinski definition) is 7. The molecule has 11 heteroatoms. The second-order valence-corrected chi connectivity index (χ2v) is 9.09. The van der Waals surface area contributed by atoms with Crippen LogP contribution in [0.3, 0.4) is 0 Å². The number of anilines is 1. The lowest BCUT2D eigenvalue weighted by Crippen LogP contribution is -2.18. The first-order valence-corrected chi connectivity index (χ1v) is 11.9. The van der Waals surface area contributed by atoms with Crippen molar-refractivity contribution in [2.45, 2.75) is 69.8 Å². The molecule has 36 heavy (non-hydrogen) atoms. The highest BCUT2D eigenvalue weighted by Crippen LogP contribution is 2.39. The number of carbonyl (C=O) groups is 1. The van der Waals surface area contributed by atoms with E-state index in [9.17, 15) is 23.7 Å². The molecule has 2 aliphatic carbocycles. The first-order valence-electron chi connectivity index (χ1n) is 11.9. The average Bonchev–Trinajstić information content (AvgIpc) is 3.54. The standard InChI is InChI=1S/C25H28F2N4O5/c1-2-3-18(12-16-10-11-25(26,27)15-16)28-23-14-22(29-30-23)17-4-7-21(13-17)36-24(32)35-20-8-5-19(6-9-20)31(33)34/h3,5-6,8-9,12,14,17,21H,2,4,7,10-11,13,15H2,1H3,(H2,28,29,30)/b16-12+,18-3+/t17-,21+/m0/s1. The number of rotatable bonds is 8. The number of aromatic nitrogens is 2. The third-order valence-electron chi connectivity index (χ3n) is 6.29. The normalized spacial score (nSPS) is 22.5.